The summed E-state index contributed by atoms with van der Waals surface area (Å²) in [5.74, 6) is 0.723. The predicted octanol–water partition coefficient (Wildman–Crippen LogP) is 1.87. The molecule has 0 saturated heterocycles. The van der Waals surface area contributed by atoms with Crippen molar-refractivity contribution in [3.63, 3.8) is 0 Å². The minimum atomic E-state index is 0.541. The van der Waals surface area contributed by atoms with E-state index in [0.29, 0.717) is 6.04 Å². The van der Waals surface area contributed by atoms with E-state index in [9.17, 15) is 0 Å². The van der Waals surface area contributed by atoms with Crippen molar-refractivity contribution in [3.8, 4) is 0 Å². The summed E-state index contributed by atoms with van der Waals surface area (Å²) in [5.41, 5.74) is 2.65. The average molecular weight is 321 g/mol. The Bertz CT molecular complexity index is 470. The van der Waals surface area contributed by atoms with Crippen LogP contribution in [0.4, 0.5) is 0 Å². The molecule has 0 aromatic heterocycles. The standard InChI is InChI=1S/C18H29N3S/c1-14-6-4-5-7-17(14)20-18(22)19-12-15-8-10-16(11-9-15)13-21(2)3/h8-11,14,17H,4-7,12-13H2,1-3H3,(H2,19,20,22)/p+1/t14-,17+/m1/s1. The topological polar surface area (TPSA) is 28.5 Å². The molecule has 0 radical (unpaired) electrons. The van der Waals surface area contributed by atoms with Gasteiger partial charge in [-0.1, -0.05) is 44.0 Å². The molecule has 0 unspecified atom stereocenters. The fraction of sp³-hybridized carbons (Fsp3) is 0.611. The molecule has 1 aliphatic rings. The minimum absolute atomic E-state index is 0.541. The Morgan fingerprint density at radius 3 is 2.41 bits per heavy atom. The zero-order chi connectivity index (χ0) is 15.9. The van der Waals surface area contributed by atoms with Crippen LogP contribution in [-0.2, 0) is 13.1 Å². The van der Waals surface area contributed by atoms with Crippen LogP contribution in [0.2, 0.25) is 0 Å². The van der Waals surface area contributed by atoms with Gasteiger partial charge in [0, 0.05) is 18.2 Å². The summed E-state index contributed by atoms with van der Waals surface area (Å²) in [6.07, 6.45) is 5.24. The zero-order valence-electron chi connectivity index (χ0n) is 14.1. The fourth-order valence-electron chi connectivity index (χ4n) is 3.12. The number of thiocarbonyl (C=S) groups is 1. The Kier molecular flexibility index (Phi) is 6.65. The molecule has 1 aromatic rings. The highest BCUT2D eigenvalue weighted by atomic mass is 32.1. The molecule has 2 atom stereocenters. The maximum atomic E-state index is 5.44. The third-order valence-electron chi connectivity index (χ3n) is 4.46. The highest BCUT2D eigenvalue weighted by Crippen LogP contribution is 2.23. The van der Waals surface area contributed by atoms with E-state index in [1.165, 1.54) is 41.7 Å². The van der Waals surface area contributed by atoms with Crippen LogP contribution < -0.4 is 15.5 Å². The van der Waals surface area contributed by atoms with E-state index in [-0.39, 0.29) is 0 Å². The Morgan fingerprint density at radius 1 is 1.14 bits per heavy atom. The maximum absolute atomic E-state index is 5.44. The quantitative estimate of drug-likeness (QED) is 0.724. The third-order valence-corrected chi connectivity index (χ3v) is 4.72. The van der Waals surface area contributed by atoms with Crippen molar-refractivity contribution in [1.29, 1.82) is 0 Å². The van der Waals surface area contributed by atoms with Gasteiger partial charge >= 0.3 is 0 Å². The molecule has 0 spiro atoms. The molecule has 0 bridgehead atoms. The van der Waals surface area contributed by atoms with Crippen LogP contribution >= 0.6 is 12.2 Å². The SMILES string of the molecule is C[C@@H]1CCCC[C@@H]1NC(=S)NCc1ccc(C[NH+](C)C)cc1. The minimum Gasteiger partial charge on any atom is -0.360 e. The van der Waals surface area contributed by atoms with Crippen molar-refractivity contribution in [3.05, 3.63) is 35.4 Å². The Labute approximate surface area is 140 Å². The van der Waals surface area contributed by atoms with Gasteiger partial charge in [-0.2, -0.15) is 0 Å². The highest BCUT2D eigenvalue weighted by Gasteiger charge is 2.21. The van der Waals surface area contributed by atoms with Gasteiger partial charge in [-0.15, -0.1) is 0 Å². The van der Waals surface area contributed by atoms with E-state index in [1.807, 2.05) is 0 Å². The first-order valence-electron chi connectivity index (χ1n) is 8.46. The van der Waals surface area contributed by atoms with Crippen LogP contribution in [0.3, 0.4) is 0 Å². The van der Waals surface area contributed by atoms with Gasteiger partial charge < -0.3 is 15.5 Å². The lowest BCUT2D eigenvalue weighted by molar-refractivity contribution is -0.872. The van der Waals surface area contributed by atoms with Crippen molar-refractivity contribution >= 4 is 17.3 Å². The summed E-state index contributed by atoms with van der Waals surface area (Å²) in [6, 6.07) is 9.35. The molecule has 1 aliphatic carbocycles. The summed E-state index contributed by atoms with van der Waals surface area (Å²) in [5, 5.41) is 7.63. The average Bonchev–Trinajstić information content (AvgIpc) is 2.48. The van der Waals surface area contributed by atoms with Crippen LogP contribution in [0.5, 0.6) is 0 Å². The Hall–Kier alpha value is -1.13. The van der Waals surface area contributed by atoms with E-state index in [2.05, 4.69) is 55.9 Å². The normalized spacial score (nSPS) is 21.6. The lowest BCUT2D eigenvalue weighted by Gasteiger charge is -2.30. The van der Waals surface area contributed by atoms with Gasteiger partial charge in [0.15, 0.2) is 5.11 Å². The summed E-state index contributed by atoms with van der Waals surface area (Å²) in [6.45, 7) is 4.18. The smallest absolute Gasteiger partial charge is 0.166 e. The Balaban J connectivity index is 1.76. The van der Waals surface area contributed by atoms with Crippen LogP contribution in [-0.4, -0.2) is 25.2 Å². The molecule has 122 valence electrons. The van der Waals surface area contributed by atoms with Crippen LogP contribution in [0, 0.1) is 5.92 Å². The molecular weight excluding hydrogens is 290 g/mol. The summed E-state index contributed by atoms with van der Waals surface area (Å²) >= 11 is 5.44. The van der Waals surface area contributed by atoms with Crippen LogP contribution in [0.15, 0.2) is 24.3 Å². The number of nitrogens with one attached hydrogen (secondary N) is 3. The number of hydrogen-bond donors (Lipinski definition) is 3. The zero-order valence-corrected chi connectivity index (χ0v) is 14.9. The van der Waals surface area contributed by atoms with Gasteiger partial charge in [-0.05, 0) is 36.5 Å². The van der Waals surface area contributed by atoms with Crippen molar-refractivity contribution in [1.82, 2.24) is 10.6 Å². The van der Waals surface area contributed by atoms with Crippen LogP contribution in [0.25, 0.3) is 0 Å². The van der Waals surface area contributed by atoms with Gasteiger partial charge in [-0.25, -0.2) is 0 Å². The first-order valence-corrected chi connectivity index (χ1v) is 8.86. The molecule has 22 heavy (non-hydrogen) atoms. The molecule has 3 N–H and O–H groups in total. The third kappa shape index (κ3) is 5.58. The van der Waals surface area contributed by atoms with E-state index in [4.69, 9.17) is 12.2 Å². The van der Waals surface area contributed by atoms with Gasteiger partial charge in [-0.3, -0.25) is 0 Å². The second-order valence-corrected chi connectivity index (χ2v) is 7.30. The predicted molar refractivity (Wildman–Crippen MR) is 97.0 cm³/mol. The van der Waals surface area contributed by atoms with Crippen molar-refractivity contribution < 1.29 is 4.90 Å². The maximum Gasteiger partial charge on any atom is 0.166 e. The fourth-order valence-corrected chi connectivity index (χ4v) is 3.34. The van der Waals surface area contributed by atoms with Crippen molar-refractivity contribution in [2.24, 2.45) is 5.92 Å². The van der Waals surface area contributed by atoms with E-state index in [1.54, 1.807) is 0 Å². The van der Waals surface area contributed by atoms with Gasteiger partial charge in [0.25, 0.3) is 0 Å². The highest BCUT2D eigenvalue weighted by molar-refractivity contribution is 7.80. The molecule has 0 amide bonds. The molecule has 0 heterocycles. The molecule has 3 nitrogen and oxygen atoms in total. The second kappa shape index (κ2) is 8.49. The molecule has 4 heteroatoms. The first kappa shape index (κ1) is 17.2. The summed E-state index contributed by atoms with van der Waals surface area (Å²) < 4.78 is 0. The largest absolute Gasteiger partial charge is 0.360 e. The van der Waals surface area contributed by atoms with Crippen molar-refractivity contribution in [2.45, 2.75) is 51.7 Å². The summed E-state index contributed by atoms with van der Waals surface area (Å²) in [7, 11) is 4.34. The lowest BCUT2D eigenvalue weighted by Crippen LogP contribution is -3.04. The van der Waals surface area contributed by atoms with E-state index in [0.717, 1.165) is 24.1 Å². The Morgan fingerprint density at radius 2 is 1.77 bits per heavy atom. The molecule has 1 saturated carbocycles. The van der Waals surface area contributed by atoms with E-state index >= 15 is 0 Å². The number of rotatable bonds is 5. The lowest BCUT2D eigenvalue weighted by atomic mass is 9.86. The second-order valence-electron chi connectivity index (χ2n) is 6.90. The molecule has 0 aliphatic heterocycles. The van der Waals surface area contributed by atoms with Crippen molar-refractivity contribution in [2.75, 3.05) is 14.1 Å². The van der Waals surface area contributed by atoms with Gasteiger partial charge in [0.05, 0.1) is 14.1 Å². The summed E-state index contributed by atoms with van der Waals surface area (Å²) in [4.78, 5) is 1.44. The van der Waals surface area contributed by atoms with E-state index < -0.39 is 0 Å². The number of quaternary nitrogens is 1. The number of benzene rings is 1. The van der Waals surface area contributed by atoms with Gasteiger partial charge in [0.1, 0.15) is 6.54 Å². The number of hydrogen-bond acceptors (Lipinski definition) is 1. The molecule has 2 rings (SSSR count). The molecular formula is C18H30N3S+. The van der Waals surface area contributed by atoms with Gasteiger partial charge in [0.2, 0.25) is 0 Å². The van der Waals surface area contributed by atoms with Crippen LogP contribution in [0.1, 0.15) is 43.7 Å². The molecule has 1 fully saturated rings. The molecule has 1 aromatic carbocycles. The monoisotopic (exact) mass is 320 g/mol. The first-order chi connectivity index (χ1) is 10.5.